The van der Waals surface area contributed by atoms with Gasteiger partial charge in [-0.25, -0.2) is 0 Å². The first-order valence-corrected chi connectivity index (χ1v) is 4.41. The molecule has 1 aliphatic rings. The van der Waals surface area contributed by atoms with Crippen LogP contribution in [-0.4, -0.2) is 43.2 Å². The average Bonchev–Trinajstić information content (AvgIpc) is 2.24. The van der Waals surface area contributed by atoms with Gasteiger partial charge in [-0.3, -0.25) is 0 Å². The normalized spacial score (nSPS) is 14.8. The molecule has 2 radical (unpaired) electrons. The third-order valence-electron chi connectivity index (χ3n) is 1.62. The van der Waals surface area contributed by atoms with Crippen molar-refractivity contribution in [3.05, 3.63) is 36.4 Å². The van der Waals surface area contributed by atoms with E-state index >= 15 is 0 Å². The number of hydrogen-bond acceptors (Lipinski definition) is 2. The van der Waals surface area contributed by atoms with Crippen LogP contribution in [0, 0.1) is 0 Å². The Morgan fingerprint density at radius 3 is 0.923 bits per heavy atom. The summed E-state index contributed by atoms with van der Waals surface area (Å²) in [5, 5.41) is 6.44. The number of piperazine rings is 1. The summed E-state index contributed by atoms with van der Waals surface area (Å²) >= 11 is 0. The van der Waals surface area contributed by atoms with Gasteiger partial charge in [-0.1, -0.05) is 36.4 Å². The number of benzene rings is 1. The first-order valence-electron chi connectivity index (χ1n) is 4.41. The second-order valence-corrected chi connectivity index (χ2v) is 2.65. The third-order valence-corrected chi connectivity index (χ3v) is 1.62. The standard InChI is InChI=1S/C6H6.C4H10N2.Se/c1-2-4-6-5-3-1;1-2-6-4-3-5-1;/h1-6H;5-6H,1-4H2;. The summed E-state index contributed by atoms with van der Waals surface area (Å²) in [6.45, 7) is 4.56. The summed E-state index contributed by atoms with van der Waals surface area (Å²) in [5.74, 6) is 0. The zero-order valence-electron chi connectivity index (χ0n) is 7.70. The monoisotopic (exact) mass is 244 g/mol. The maximum atomic E-state index is 3.22. The fourth-order valence-corrected chi connectivity index (χ4v) is 0.988. The van der Waals surface area contributed by atoms with Gasteiger partial charge in [0.15, 0.2) is 0 Å². The van der Waals surface area contributed by atoms with Crippen LogP contribution in [0.3, 0.4) is 0 Å². The number of nitrogens with one attached hydrogen (secondary N) is 2. The third kappa shape index (κ3) is 8.00. The minimum atomic E-state index is 0. The van der Waals surface area contributed by atoms with Crippen molar-refractivity contribution in [1.29, 1.82) is 0 Å². The Bertz CT molecular complexity index is 137. The van der Waals surface area contributed by atoms with Gasteiger partial charge in [0, 0.05) is 43.2 Å². The van der Waals surface area contributed by atoms with Crippen LogP contribution in [0.1, 0.15) is 0 Å². The topological polar surface area (TPSA) is 24.1 Å². The largest absolute Gasteiger partial charge is 0.314 e. The van der Waals surface area contributed by atoms with Gasteiger partial charge in [-0.05, 0) is 0 Å². The van der Waals surface area contributed by atoms with E-state index in [0.29, 0.717) is 0 Å². The molecule has 2 nitrogen and oxygen atoms in total. The van der Waals surface area contributed by atoms with Gasteiger partial charge in [-0.15, -0.1) is 0 Å². The molecule has 13 heavy (non-hydrogen) atoms. The molecular weight excluding hydrogens is 227 g/mol. The molecule has 0 unspecified atom stereocenters. The van der Waals surface area contributed by atoms with Crippen LogP contribution < -0.4 is 10.6 Å². The molecule has 1 saturated heterocycles. The van der Waals surface area contributed by atoms with E-state index in [4.69, 9.17) is 0 Å². The molecule has 0 spiro atoms. The molecule has 2 N–H and O–H groups in total. The van der Waals surface area contributed by atoms with Crippen molar-refractivity contribution in [2.24, 2.45) is 0 Å². The van der Waals surface area contributed by atoms with Crippen molar-refractivity contribution in [1.82, 2.24) is 10.6 Å². The molecule has 1 fully saturated rings. The van der Waals surface area contributed by atoms with E-state index in [1.54, 1.807) is 0 Å². The van der Waals surface area contributed by atoms with Crippen LogP contribution in [-0.2, 0) is 0 Å². The maximum Gasteiger partial charge on any atom is 0.00772 e. The quantitative estimate of drug-likeness (QED) is 0.648. The minimum absolute atomic E-state index is 0. The molecule has 1 aromatic carbocycles. The van der Waals surface area contributed by atoms with Crippen molar-refractivity contribution in [2.75, 3.05) is 26.2 Å². The molecule has 0 saturated carbocycles. The molecule has 1 aromatic rings. The number of hydrogen-bond donors (Lipinski definition) is 2. The van der Waals surface area contributed by atoms with E-state index in [1.807, 2.05) is 36.4 Å². The van der Waals surface area contributed by atoms with Crippen molar-refractivity contribution < 1.29 is 0 Å². The zero-order chi connectivity index (χ0) is 8.49. The smallest absolute Gasteiger partial charge is 0.00772 e. The molecule has 1 heterocycles. The molecule has 3 heteroatoms. The predicted octanol–water partition coefficient (Wildman–Crippen LogP) is 0.485. The Hall–Kier alpha value is -0.341. The van der Waals surface area contributed by atoms with Crippen LogP contribution in [0.2, 0.25) is 0 Å². The second kappa shape index (κ2) is 9.75. The van der Waals surface area contributed by atoms with E-state index in [-0.39, 0.29) is 17.1 Å². The average molecular weight is 243 g/mol. The fraction of sp³-hybridized carbons (Fsp3) is 0.400. The summed E-state index contributed by atoms with van der Waals surface area (Å²) in [5.41, 5.74) is 0. The maximum absolute atomic E-state index is 3.22. The summed E-state index contributed by atoms with van der Waals surface area (Å²) in [6.07, 6.45) is 0. The van der Waals surface area contributed by atoms with Crippen molar-refractivity contribution >= 4 is 17.1 Å². The predicted molar refractivity (Wildman–Crippen MR) is 57.9 cm³/mol. The Labute approximate surface area is 90.6 Å². The van der Waals surface area contributed by atoms with Crippen molar-refractivity contribution in [3.8, 4) is 0 Å². The Kier molecular flexibility index (Phi) is 9.49. The van der Waals surface area contributed by atoms with E-state index in [2.05, 4.69) is 10.6 Å². The Morgan fingerprint density at radius 1 is 0.538 bits per heavy atom. The van der Waals surface area contributed by atoms with Gasteiger partial charge in [-0.2, -0.15) is 0 Å². The summed E-state index contributed by atoms with van der Waals surface area (Å²) in [7, 11) is 0. The molecule has 1 aliphatic heterocycles. The molecule has 2 rings (SSSR count). The van der Waals surface area contributed by atoms with Gasteiger partial charge in [0.1, 0.15) is 0 Å². The van der Waals surface area contributed by atoms with E-state index in [9.17, 15) is 0 Å². The Morgan fingerprint density at radius 2 is 0.769 bits per heavy atom. The van der Waals surface area contributed by atoms with Gasteiger partial charge in [0.2, 0.25) is 0 Å². The van der Waals surface area contributed by atoms with Crippen LogP contribution in [0.15, 0.2) is 36.4 Å². The Balaban J connectivity index is 0.000000206. The van der Waals surface area contributed by atoms with Gasteiger partial charge in [0.05, 0.1) is 0 Å². The zero-order valence-corrected chi connectivity index (χ0v) is 9.41. The van der Waals surface area contributed by atoms with Crippen LogP contribution in [0.4, 0.5) is 0 Å². The van der Waals surface area contributed by atoms with E-state index in [0.717, 1.165) is 26.2 Å². The molecule has 0 amide bonds. The van der Waals surface area contributed by atoms with Crippen LogP contribution in [0.25, 0.3) is 0 Å². The summed E-state index contributed by atoms with van der Waals surface area (Å²) in [4.78, 5) is 0. The molecule has 0 atom stereocenters. The van der Waals surface area contributed by atoms with Crippen molar-refractivity contribution in [2.45, 2.75) is 0 Å². The number of rotatable bonds is 0. The van der Waals surface area contributed by atoms with E-state index < -0.39 is 0 Å². The first-order chi connectivity index (χ1) is 6.00. The molecular formula is C10H16N2Se. The fourth-order valence-electron chi connectivity index (χ4n) is 0.988. The minimum Gasteiger partial charge on any atom is -0.314 e. The van der Waals surface area contributed by atoms with Gasteiger partial charge >= 0.3 is 0 Å². The second-order valence-electron chi connectivity index (χ2n) is 2.65. The summed E-state index contributed by atoms with van der Waals surface area (Å²) < 4.78 is 0. The van der Waals surface area contributed by atoms with Crippen molar-refractivity contribution in [3.63, 3.8) is 0 Å². The van der Waals surface area contributed by atoms with E-state index in [1.165, 1.54) is 0 Å². The molecule has 0 aromatic heterocycles. The molecule has 0 aliphatic carbocycles. The molecule has 72 valence electrons. The van der Waals surface area contributed by atoms with Crippen LogP contribution >= 0.6 is 0 Å². The molecule has 0 bridgehead atoms. The van der Waals surface area contributed by atoms with Gasteiger partial charge < -0.3 is 10.6 Å². The summed E-state index contributed by atoms with van der Waals surface area (Å²) in [6, 6.07) is 12.0. The first kappa shape index (κ1) is 12.7. The SMILES string of the molecule is C1CNCCN1.[Se].c1ccccc1. The van der Waals surface area contributed by atoms with Gasteiger partial charge in [0.25, 0.3) is 0 Å². The van der Waals surface area contributed by atoms with Crippen LogP contribution in [0.5, 0.6) is 0 Å².